The topological polar surface area (TPSA) is 44.1 Å². The molecule has 2 heterocycles. The number of carbonyl (C=O) groups is 1. The molecule has 0 saturated carbocycles. The fraction of sp³-hybridized carbons (Fsp3) is 0.217. The van der Waals surface area contributed by atoms with E-state index in [4.69, 9.17) is 4.74 Å². The van der Waals surface area contributed by atoms with Crippen LogP contribution >= 0.6 is 0 Å². The first-order valence-electron chi connectivity index (χ1n) is 9.41. The van der Waals surface area contributed by atoms with Gasteiger partial charge in [-0.05, 0) is 30.7 Å². The van der Waals surface area contributed by atoms with E-state index in [1.807, 2.05) is 48.7 Å². The number of hydrogen-bond donors (Lipinski definition) is 0. The van der Waals surface area contributed by atoms with Crippen LogP contribution in [0.5, 0.6) is 5.75 Å². The normalized spacial score (nSPS) is 11.1. The van der Waals surface area contributed by atoms with Gasteiger partial charge in [-0.2, -0.15) is 0 Å². The Morgan fingerprint density at radius 3 is 2.85 bits per heavy atom. The first kappa shape index (κ1) is 17.3. The van der Waals surface area contributed by atoms with Crippen molar-refractivity contribution in [2.24, 2.45) is 0 Å². The third kappa shape index (κ3) is 3.56. The highest BCUT2D eigenvalue weighted by molar-refractivity contribution is 6.05. The Bertz CT molecular complexity index is 1100. The smallest absolute Gasteiger partial charge is 0.345 e. The molecule has 0 aliphatic heterocycles. The van der Waals surface area contributed by atoms with E-state index in [-0.39, 0.29) is 5.97 Å². The van der Waals surface area contributed by atoms with Crippen molar-refractivity contribution in [3.05, 3.63) is 72.6 Å². The number of carbonyl (C=O) groups excluding carboxylic acids is 1. The predicted molar refractivity (Wildman–Crippen MR) is 108 cm³/mol. The molecule has 4 aromatic rings. The Hall–Kier alpha value is -3.14. The molecule has 2 aromatic carbocycles. The van der Waals surface area contributed by atoms with Crippen LogP contribution in [-0.2, 0) is 6.54 Å². The van der Waals surface area contributed by atoms with Crippen LogP contribution < -0.4 is 4.74 Å². The van der Waals surface area contributed by atoms with E-state index >= 15 is 0 Å². The van der Waals surface area contributed by atoms with Gasteiger partial charge in [0.25, 0.3) is 0 Å². The summed E-state index contributed by atoms with van der Waals surface area (Å²) in [6.07, 6.45) is 7.10. The number of aryl methyl sites for hydroxylation is 1. The number of rotatable bonds is 6. The van der Waals surface area contributed by atoms with Crippen molar-refractivity contribution in [2.75, 3.05) is 0 Å². The molecule has 0 aliphatic carbocycles. The number of unbranched alkanes of at least 4 members (excludes halogenated alkanes) is 2. The van der Waals surface area contributed by atoms with E-state index in [1.165, 1.54) is 12.8 Å². The average Bonchev–Trinajstić information content (AvgIpc) is 3.07. The molecule has 4 nitrogen and oxygen atoms in total. The zero-order chi connectivity index (χ0) is 18.6. The highest BCUT2D eigenvalue weighted by Gasteiger charge is 2.17. The summed E-state index contributed by atoms with van der Waals surface area (Å²) in [6.45, 7) is 3.09. The molecule has 4 heteroatoms. The largest absolute Gasteiger partial charge is 0.423 e. The van der Waals surface area contributed by atoms with E-state index in [1.54, 1.807) is 12.3 Å². The van der Waals surface area contributed by atoms with Gasteiger partial charge in [-0.25, -0.2) is 4.79 Å². The highest BCUT2D eigenvalue weighted by Crippen LogP contribution is 2.25. The van der Waals surface area contributed by atoms with Crippen molar-refractivity contribution < 1.29 is 9.53 Å². The first-order chi connectivity index (χ1) is 13.3. The molecule has 27 heavy (non-hydrogen) atoms. The molecule has 2 aromatic heterocycles. The number of para-hydroxylation sites is 1. The molecular formula is C23H22N2O2. The second-order valence-corrected chi connectivity index (χ2v) is 6.71. The van der Waals surface area contributed by atoms with Crippen molar-refractivity contribution >= 4 is 27.8 Å². The second-order valence-electron chi connectivity index (χ2n) is 6.71. The Morgan fingerprint density at radius 1 is 1.07 bits per heavy atom. The summed E-state index contributed by atoms with van der Waals surface area (Å²) in [6, 6.07) is 17.4. The van der Waals surface area contributed by atoms with E-state index in [0.717, 1.165) is 34.8 Å². The highest BCUT2D eigenvalue weighted by atomic mass is 16.5. The monoisotopic (exact) mass is 358 g/mol. The zero-order valence-corrected chi connectivity index (χ0v) is 15.4. The fourth-order valence-electron chi connectivity index (χ4n) is 3.40. The summed E-state index contributed by atoms with van der Waals surface area (Å²) >= 11 is 0. The van der Waals surface area contributed by atoms with Crippen molar-refractivity contribution in [2.45, 2.75) is 32.7 Å². The standard InChI is InChI=1S/C23H22N2O2/c1-2-3-6-14-25-16-20(19-9-4-5-10-22(19)25)23(26)27-18-12-11-17-8-7-13-24-21(17)15-18/h4-5,7-13,15-16H,2-3,6,14H2,1H3. The van der Waals surface area contributed by atoms with Crippen LogP contribution in [0.25, 0.3) is 21.8 Å². The van der Waals surface area contributed by atoms with Gasteiger partial charge >= 0.3 is 5.97 Å². The number of ether oxygens (including phenoxy) is 1. The maximum absolute atomic E-state index is 12.9. The lowest BCUT2D eigenvalue weighted by Gasteiger charge is -2.05. The number of esters is 1. The molecule has 4 rings (SSSR count). The summed E-state index contributed by atoms with van der Waals surface area (Å²) in [7, 11) is 0. The van der Waals surface area contributed by atoms with Gasteiger partial charge in [0.2, 0.25) is 0 Å². The van der Waals surface area contributed by atoms with Crippen LogP contribution in [0.3, 0.4) is 0 Å². The number of nitrogens with zero attached hydrogens (tertiary/aromatic N) is 2. The quantitative estimate of drug-likeness (QED) is 0.256. The molecule has 0 atom stereocenters. The van der Waals surface area contributed by atoms with Crippen LogP contribution in [0.2, 0.25) is 0 Å². The average molecular weight is 358 g/mol. The number of hydrogen-bond acceptors (Lipinski definition) is 3. The minimum absolute atomic E-state index is 0.337. The van der Waals surface area contributed by atoms with Crippen LogP contribution in [-0.4, -0.2) is 15.5 Å². The summed E-state index contributed by atoms with van der Waals surface area (Å²) in [5.74, 6) is 0.171. The molecule has 136 valence electrons. The number of fused-ring (bicyclic) bond motifs is 2. The SMILES string of the molecule is CCCCCn1cc(C(=O)Oc2ccc3cccnc3c2)c2ccccc21. The van der Waals surface area contributed by atoms with Gasteiger partial charge in [0, 0.05) is 41.3 Å². The summed E-state index contributed by atoms with van der Waals surface area (Å²) in [5, 5.41) is 1.95. The lowest BCUT2D eigenvalue weighted by atomic mass is 10.2. The van der Waals surface area contributed by atoms with Crippen LogP contribution in [0.4, 0.5) is 0 Å². The van der Waals surface area contributed by atoms with Crippen molar-refractivity contribution in [1.82, 2.24) is 9.55 Å². The minimum atomic E-state index is -0.337. The van der Waals surface area contributed by atoms with Gasteiger partial charge in [0.1, 0.15) is 5.75 Å². The van der Waals surface area contributed by atoms with Crippen molar-refractivity contribution in [3.63, 3.8) is 0 Å². The number of aromatic nitrogens is 2. The zero-order valence-electron chi connectivity index (χ0n) is 15.4. The van der Waals surface area contributed by atoms with Gasteiger partial charge in [-0.3, -0.25) is 4.98 Å². The molecule has 0 amide bonds. The Balaban J connectivity index is 1.63. The fourth-order valence-corrected chi connectivity index (χ4v) is 3.40. The second kappa shape index (κ2) is 7.62. The number of pyridine rings is 1. The van der Waals surface area contributed by atoms with Gasteiger partial charge in [-0.1, -0.05) is 44.0 Å². The molecule has 0 radical (unpaired) electrons. The van der Waals surface area contributed by atoms with Gasteiger partial charge in [-0.15, -0.1) is 0 Å². The lowest BCUT2D eigenvalue weighted by Crippen LogP contribution is -2.08. The Kier molecular flexibility index (Phi) is 4.88. The van der Waals surface area contributed by atoms with E-state index < -0.39 is 0 Å². The van der Waals surface area contributed by atoms with Gasteiger partial charge in [0.05, 0.1) is 11.1 Å². The minimum Gasteiger partial charge on any atom is -0.423 e. The predicted octanol–water partition coefficient (Wildman–Crippen LogP) is 5.60. The molecule has 0 saturated heterocycles. The van der Waals surface area contributed by atoms with Gasteiger partial charge in [0.15, 0.2) is 0 Å². The van der Waals surface area contributed by atoms with E-state index in [0.29, 0.717) is 11.3 Å². The van der Waals surface area contributed by atoms with Crippen molar-refractivity contribution in [1.29, 1.82) is 0 Å². The summed E-state index contributed by atoms with van der Waals surface area (Å²) < 4.78 is 7.82. The maximum Gasteiger partial charge on any atom is 0.345 e. The molecule has 0 spiro atoms. The Labute approximate surface area is 158 Å². The van der Waals surface area contributed by atoms with Crippen molar-refractivity contribution in [3.8, 4) is 5.75 Å². The number of benzene rings is 2. The molecule has 0 bridgehead atoms. The van der Waals surface area contributed by atoms with Crippen LogP contribution in [0.15, 0.2) is 67.0 Å². The van der Waals surface area contributed by atoms with E-state index in [2.05, 4.69) is 22.5 Å². The molecular weight excluding hydrogens is 336 g/mol. The van der Waals surface area contributed by atoms with E-state index in [9.17, 15) is 4.79 Å². The molecule has 0 aliphatic rings. The third-order valence-corrected chi connectivity index (χ3v) is 4.80. The van der Waals surface area contributed by atoms with Crippen LogP contribution in [0, 0.1) is 0 Å². The molecule has 0 N–H and O–H groups in total. The Morgan fingerprint density at radius 2 is 1.96 bits per heavy atom. The maximum atomic E-state index is 12.9. The van der Waals surface area contributed by atoms with Crippen LogP contribution in [0.1, 0.15) is 36.5 Å². The summed E-state index contributed by atoms with van der Waals surface area (Å²) in [5.41, 5.74) is 2.48. The third-order valence-electron chi connectivity index (χ3n) is 4.80. The summed E-state index contributed by atoms with van der Waals surface area (Å²) in [4.78, 5) is 17.2. The van der Waals surface area contributed by atoms with Gasteiger partial charge < -0.3 is 9.30 Å². The molecule has 0 fully saturated rings. The molecule has 0 unspecified atom stereocenters. The lowest BCUT2D eigenvalue weighted by molar-refractivity contribution is 0.0737. The first-order valence-corrected chi connectivity index (χ1v) is 9.41.